The highest BCUT2D eigenvalue weighted by Crippen LogP contribution is 2.44. The molecule has 7 heteroatoms. The first kappa shape index (κ1) is 17.8. The van der Waals surface area contributed by atoms with Crippen LogP contribution in [0, 0.1) is 0 Å². The van der Waals surface area contributed by atoms with Crippen LogP contribution in [0.1, 0.15) is 29.2 Å². The summed E-state index contributed by atoms with van der Waals surface area (Å²) < 4.78 is 5.45. The van der Waals surface area contributed by atoms with Gasteiger partial charge in [0.1, 0.15) is 6.61 Å². The molecular weight excluding hydrogens is 358 g/mol. The van der Waals surface area contributed by atoms with Crippen molar-refractivity contribution in [2.45, 2.75) is 18.8 Å². The number of benzene rings is 2. The zero-order chi connectivity index (χ0) is 19.5. The number of aromatic nitrogens is 2. The van der Waals surface area contributed by atoms with E-state index in [2.05, 4.69) is 39.6 Å². The standard InChI is InChI=1S/C21H19N3O4/c25-19(26)10-9-13-11-22-20(23-13)24-21(27)28-12-18-16-7-3-1-5-14(16)15-6-2-4-8-17(15)18/h1-8,11,18H,9-10,12H2,(H,25,26)(H2,22,23,24,27). The van der Waals surface area contributed by atoms with Crippen LogP contribution in [0.5, 0.6) is 0 Å². The van der Waals surface area contributed by atoms with Gasteiger partial charge >= 0.3 is 12.1 Å². The zero-order valence-electron chi connectivity index (χ0n) is 15.0. The number of nitrogens with one attached hydrogen (secondary N) is 2. The van der Waals surface area contributed by atoms with Gasteiger partial charge in [0, 0.05) is 11.6 Å². The summed E-state index contributed by atoms with van der Waals surface area (Å²) in [6, 6.07) is 16.3. The minimum absolute atomic E-state index is 0.00736. The second kappa shape index (κ2) is 7.56. The second-order valence-corrected chi connectivity index (χ2v) is 6.60. The van der Waals surface area contributed by atoms with Gasteiger partial charge in [-0.1, -0.05) is 48.5 Å². The summed E-state index contributed by atoms with van der Waals surface area (Å²) in [5.74, 6) is -0.667. The number of aromatic amines is 1. The molecule has 0 saturated carbocycles. The third kappa shape index (κ3) is 3.59. The predicted octanol–water partition coefficient (Wildman–Crippen LogP) is 3.79. The van der Waals surface area contributed by atoms with Crippen molar-refractivity contribution >= 4 is 18.0 Å². The van der Waals surface area contributed by atoms with Crippen LogP contribution in [0.15, 0.2) is 54.7 Å². The van der Waals surface area contributed by atoms with E-state index in [1.54, 1.807) is 0 Å². The average molecular weight is 377 g/mol. The van der Waals surface area contributed by atoms with Crippen molar-refractivity contribution in [1.82, 2.24) is 9.97 Å². The molecule has 0 radical (unpaired) electrons. The van der Waals surface area contributed by atoms with Crippen molar-refractivity contribution in [2.24, 2.45) is 0 Å². The van der Waals surface area contributed by atoms with Crippen molar-refractivity contribution < 1.29 is 19.4 Å². The van der Waals surface area contributed by atoms with Gasteiger partial charge in [0.05, 0.1) is 12.6 Å². The summed E-state index contributed by atoms with van der Waals surface area (Å²) in [7, 11) is 0. The van der Waals surface area contributed by atoms with E-state index in [0.717, 1.165) is 11.1 Å². The fraction of sp³-hybridized carbons (Fsp3) is 0.190. The normalized spacial score (nSPS) is 12.3. The number of aryl methyl sites for hydroxylation is 1. The van der Waals surface area contributed by atoms with Gasteiger partial charge in [-0.05, 0) is 28.7 Å². The number of H-pyrrole nitrogens is 1. The Morgan fingerprint density at radius 3 is 2.36 bits per heavy atom. The first-order chi connectivity index (χ1) is 13.6. The molecule has 0 bridgehead atoms. The highest BCUT2D eigenvalue weighted by molar-refractivity contribution is 5.83. The number of hydrogen-bond donors (Lipinski definition) is 3. The van der Waals surface area contributed by atoms with E-state index >= 15 is 0 Å². The number of ether oxygens (including phenoxy) is 1. The molecule has 1 aliphatic rings. The Hall–Kier alpha value is -3.61. The molecule has 1 heterocycles. The van der Waals surface area contributed by atoms with Crippen molar-refractivity contribution in [3.8, 4) is 11.1 Å². The molecule has 0 atom stereocenters. The fourth-order valence-electron chi connectivity index (χ4n) is 3.52. The maximum Gasteiger partial charge on any atom is 0.414 e. The minimum Gasteiger partial charge on any atom is -0.481 e. The van der Waals surface area contributed by atoms with Gasteiger partial charge in [0.15, 0.2) is 0 Å². The second-order valence-electron chi connectivity index (χ2n) is 6.60. The van der Waals surface area contributed by atoms with Crippen LogP contribution in [0.3, 0.4) is 0 Å². The van der Waals surface area contributed by atoms with E-state index in [9.17, 15) is 9.59 Å². The predicted molar refractivity (Wildman–Crippen MR) is 103 cm³/mol. The highest BCUT2D eigenvalue weighted by atomic mass is 16.5. The number of hydrogen-bond acceptors (Lipinski definition) is 4. The number of amides is 1. The van der Waals surface area contributed by atoms with E-state index in [0.29, 0.717) is 12.1 Å². The van der Waals surface area contributed by atoms with Crippen LogP contribution in [-0.2, 0) is 16.0 Å². The minimum atomic E-state index is -0.888. The SMILES string of the molecule is O=C(O)CCc1cnc(NC(=O)OCC2c3ccccc3-c3ccccc32)[nH]1. The summed E-state index contributed by atoms with van der Waals surface area (Å²) >= 11 is 0. The Morgan fingerprint density at radius 2 is 1.71 bits per heavy atom. The molecule has 0 unspecified atom stereocenters. The van der Waals surface area contributed by atoms with Crippen LogP contribution in [0.4, 0.5) is 10.7 Å². The van der Waals surface area contributed by atoms with Gasteiger partial charge in [-0.25, -0.2) is 9.78 Å². The molecule has 7 nitrogen and oxygen atoms in total. The first-order valence-corrected chi connectivity index (χ1v) is 8.99. The molecule has 1 aliphatic carbocycles. The van der Waals surface area contributed by atoms with Crippen LogP contribution < -0.4 is 5.32 Å². The largest absolute Gasteiger partial charge is 0.481 e. The van der Waals surface area contributed by atoms with Gasteiger partial charge in [-0.2, -0.15) is 0 Å². The maximum absolute atomic E-state index is 12.2. The van der Waals surface area contributed by atoms with Crippen LogP contribution in [0.2, 0.25) is 0 Å². The number of fused-ring (bicyclic) bond motifs is 3. The Bertz CT molecular complexity index is 982. The molecule has 28 heavy (non-hydrogen) atoms. The summed E-state index contributed by atoms with van der Waals surface area (Å²) in [6.45, 7) is 0.215. The molecule has 1 aromatic heterocycles. The van der Waals surface area contributed by atoms with E-state index in [4.69, 9.17) is 9.84 Å². The number of rotatable bonds is 6. The molecule has 4 rings (SSSR count). The van der Waals surface area contributed by atoms with Gasteiger partial charge in [0.25, 0.3) is 0 Å². The van der Waals surface area contributed by atoms with E-state index < -0.39 is 12.1 Å². The molecule has 0 spiro atoms. The number of carbonyl (C=O) groups is 2. The summed E-state index contributed by atoms with van der Waals surface area (Å²) in [5, 5.41) is 11.3. The Morgan fingerprint density at radius 1 is 1.07 bits per heavy atom. The Balaban J connectivity index is 1.40. The summed E-state index contributed by atoms with van der Waals surface area (Å²) in [4.78, 5) is 29.7. The Kier molecular flexibility index (Phi) is 4.80. The molecule has 1 amide bonds. The lowest BCUT2D eigenvalue weighted by molar-refractivity contribution is -0.136. The van der Waals surface area contributed by atoms with Crippen LogP contribution in [0.25, 0.3) is 11.1 Å². The quantitative estimate of drug-likeness (QED) is 0.606. The number of carbonyl (C=O) groups excluding carboxylic acids is 1. The zero-order valence-corrected chi connectivity index (χ0v) is 15.0. The topological polar surface area (TPSA) is 104 Å². The third-order valence-electron chi connectivity index (χ3n) is 4.80. The van der Waals surface area contributed by atoms with Gasteiger partial charge in [-0.15, -0.1) is 0 Å². The number of anilines is 1. The lowest BCUT2D eigenvalue weighted by atomic mass is 9.98. The lowest BCUT2D eigenvalue weighted by Crippen LogP contribution is -2.18. The van der Waals surface area contributed by atoms with Gasteiger partial charge < -0.3 is 14.8 Å². The molecule has 2 aromatic carbocycles. The van der Waals surface area contributed by atoms with Crippen molar-refractivity contribution in [3.63, 3.8) is 0 Å². The molecule has 3 aromatic rings. The third-order valence-corrected chi connectivity index (χ3v) is 4.80. The molecule has 0 aliphatic heterocycles. The van der Waals surface area contributed by atoms with Gasteiger partial charge in [-0.3, -0.25) is 10.1 Å². The Labute approximate surface area is 161 Å². The smallest absolute Gasteiger partial charge is 0.414 e. The maximum atomic E-state index is 12.2. The molecule has 0 saturated heterocycles. The summed E-state index contributed by atoms with van der Waals surface area (Å²) in [5.41, 5.74) is 5.26. The number of carboxylic acid groups (broad SMARTS) is 1. The van der Waals surface area contributed by atoms with E-state index in [1.165, 1.54) is 17.3 Å². The molecule has 0 fully saturated rings. The van der Waals surface area contributed by atoms with Crippen LogP contribution in [-0.4, -0.2) is 33.7 Å². The number of nitrogens with zero attached hydrogens (tertiary/aromatic N) is 1. The number of carboxylic acids is 1. The lowest BCUT2D eigenvalue weighted by Gasteiger charge is -2.14. The fourth-order valence-corrected chi connectivity index (χ4v) is 3.52. The number of imidazole rings is 1. The summed E-state index contributed by atoms with van der Waals surface area (Å²) in [6.07, 6.45) is 1.20. The van der Waals surface area contributed by atoms with Crippen molar-refractivity contribution in [2.75, 3.05) is 11.9 Å². The van der Waals surface area contributed by atoms with E-state index in [-0.39, 0.29) is 24.9 Å². The van der Waals surface area contributed by atoms with Crippen LogP contribution >= 0.6 is 0 Å². The average Bonchev–Trinajstić information content (AvgIpc) is 3.27. The molecule has 3 N–H and O–H groups in total. The molecular formula is C21H19N3O4. The first-order valence-electron chi connectivity index (χ1n) is 8.99. The van der Waals surface area contributed by atoms with Gasteiger partial charge in [0.2, 0.25) is 5.95 Å². The van der Waals surface area contributed by atoms with E-state index in [1.807, 2.05) is 24.3 Å². The molecule has 142 valence electrons. The van der Waals surface area contributed by atoms with Crippen molar-refractivity contribution in [1.29, 1.82) is 0 Å². The number of aliphatic carboxylic acids is 1. The van der Waals surface area contributed by atoms with Crippen molar-refractivity contribution in [3.05, 3.63) is 71.5 Å². The highest BCUT2D eigenvalue weighted by Gasteiger charge is 2.29. The monoisotopic (exact) mass is 377 g/mol.